The van der Waals surface area contributed by atoms with Crippen LogP contribution in [0.25, 0.3) is 6.08 Å². The molecular weight excluding hydrogens is 546 g/mol. The molecule has 0 saturated carbocycles. The molecule has 11 heteroatoms. The van der Waals surface area contributed by atoms with E-state index in [1.807, 2.05) is 12.1 Å². The molecule has 2 saturated heterocycles. The van der Waals surface area contributed by atoms with Crippen molar-refractivity contribution in [3.63, 3.8) is 0 Å². The number of carbonyl (C=O) groups excluding carboxylic acids is 4. The van der Waals surface area contributed by atoms with Crippen LogP contribution in [0.2, 0.25) is 0 Å². The first-order valence-corrected chi connectivity index (χ1v) is 13.7. The number of carbonyl (C=O) groups is 4. The lowest BCUT2D eigenvalue weighted by atomic mass is 10.2. The van der Waals surface area contributed by atoms with Crippen LogP contribution in [-0.4, -0.2) is 67.9 Å². The van der Waals surface area contributed by atoms with Gasteiger partial charge in [-0.05, 0) is 84.1 Å². The van der Waals surface area contributed by atoms with E-state index in [4.69, 9.17) is 14.2 Å². The number of benzene rings is 3. The second-order valence-corrected chi connectivity index (χ2v) is 10.1. The summed E-state index contributed by atoms with van der Waals surface area (Å²) in [7, 11) is 1.54. The van der Waals surface area contributed by atoms with E-state index in [1.165, 1.54) is 0 Å². The molecule has 3 aromatic carbocycles. The van der Waals surface area contributed by atoms with Gasteiger partial charge in [0, 0.05) is 24.5 Å². The monoisotopic (exact) mass is 573 g/mol. The molecule has 2 aliphatic heterocycles. The van der Waals surface area contributed by atoms with Crippen LogP contribution in [-0.2, 0) is 14.3 Å². The number of amides is 3. The van der Waals surface area contributed by atoms with Crippen LogP contribution in [0, 0.1) is 0 Å². The van der Waals surface area contributed by atoms with Gasteiger partial charge in [-0.15, -0.1) is 0 Å². The Morgan fingerprint density at radius 1 is 0.927 bits per heavy atom. The molecule has 0 atom stereocenters. The number of ether oxygens (including phenoxy) is 3. The number of hydrogen-bond acceptors (Lipinski definition) is 9. The highest BCUT2D eigenvalue weighted by atomic mass is 32.2. The predicted octanol–water partition coefficient (Wildman–Crippen LogP) is 4.43. The van der Waals surface area contributed by atoms with E-state index in [9.17, 15) is 19.2 Å². The molecule has 0 unspecified atom stereocenters. The molecule has 1 N–H and O–H groups in total. The Morgan fingerprint density at radius 3 is 2.24 bits per heavy atom. The number of hydrogen-bond donors (Lipinski definition) is 1. The number of methoxy groups -OCH3 is 1. The molecule has 0 radical (unpaired) electrons. The summed E-state index contributed by atoms with van der Waals surface area (Å²) < 4.78 is 15.9. The lowest BCUT2D eigenvalue weighted by molar-refractivity contribution is -0.127. The van der Waals surface area contributed by atoms with E-state index in [2.05, 4.69) is 10.2 Å². The molecule has 0 bridgehead atoms. The highest BCUT2D eigenvalue weighted by Crippen LogP contribution is 2.32. The zero-order chi connectivity index (χ0) is 28.8. The fourth-order valence-corrected chi connectivity index (χ4v) is 5.07. The molecule has 3 aromatic rings. The molecule has 210 valence electrons. The molecular formula is C30H27N3O7S. The average Bonchev–Trinajstić information content (AvgIpc) is 3.26. The van der Waals surface area contributed by atoms with Gasteiger partial charge in [-0.3, -0.25) is 19.3 Å². The van der Waals surface area contributed by atoms with Crippen molar-refractivity contribution < 1.29 is 33.4 Å². The highest BCUT2D eigenvalue weighted by Gasteiger charge is 2.36. The molecule has 2 fully saturated rings. The van der Waals surface area contributed by atoms with Crippen molar-refractivity contribution in [1.29, 1.82) is 0 Å². The van der Waals surface area contributed by atoms with Gasteiger partial charge >= 0.3 is 5.97 Å². The van der Waals surface area contributed by atoms with Crippen molar-refractivity contribution in [2.75, 3.05) is 50.2 Å². The summed E-state index contributed by atoms with van der Waals surface area (Å²) in [5.41, 5.74) is 2.61. The lowest BCUT2D eigenvalue weighted by Crippen LogP contribution is -2.36. The Kier molecular flexibility index (Phi) is 8.66. The average molecular weight is 574 g/mol. The molecule has 0 aromatic heterocycles. The minimum absolute atomic E-state index is 0.195. The van der Waals surface area contributed by atoms with Crippen molar-refractivity contribution in [3.8, 4) is 11.5 Å². The topological polar surface area (TPSA) is 114 Å². The molecule has 10 nitrogen and oxygen atoms in total. The van der Waals surface area contributed by atoms with Crippen molar-refractivity contribution in [2.24, 2.45) is 0 Å². The largest absolute Gasteiger partial charge is 0.497 e. The van der Waals surface area contributed by atoms with Gasteiger partial charge in [-0.25, -0.2) is 4.79 Å². The summed E-state index contributed by atoms with van der Waals surface area (Å²) >= 11 is 0.765. The van der Waals surface area contributed by atoms with Gasteiger partial charge < -0.3 is 24.4 Å². The number of thioether (sulfide) groups is 1. The third-order valence-corrected chi connectivity index (χ3v) is 7.32. The normalized spacial score (nSPS) is 16.2. The SMILES string of the molecule is COc1ccc(C(=O)Oc2ccc(/C=C3/SC(=O)N(CC(=O)Nc4ccc(N5CCOCC5)cc4)C3=O)cc2)cc1. The summed E-state index contributed by atoms with van der Waals surface area (Å²) in [5.74, 6) is -0.590. The quantitative estimate of drug-likeness (QED) is 0.238. The Bertz CT molecular complexity index is 1470. The smallest absolute Gasteiger partial charge is 0.343 e. The van der Waals surface area contributed by atoms with Gasteiger partial charge in [0.1, 0.15) is 18.0 Å². The maximum atomic E-state index is 12.9. The van der Waals surface area contributed by atoms with E-state index < -0.39 is 29.6 Å². The van der Waals surface area contributed by atoms with E-state index in [0.717, 1.165) is 35.4 Å². The minimum atomic E-state index is -0.548. The predicted molar refractivity (Wildman–Crippen MR) is 155 cm³/mol. The highest BCUT2D eigenvalue weighted by molar-refractivity contribution is 8.18. The van der Waals surface area contributed by atoms with Crippen LogP contribution >= 0.6 is 11.8 Å². The van der Waals surface area contributed by atoms with Crippen LogP contribution < -0.4 is 19.7 Å². The summed E-state index contributed by atoms with van der Waals surface area (Å²) in [6.45, 7) is 2.57. The second kappa shape index (κ2) is 12.7. The number of nitrogens with zero attached hydrogens (tertiary/aromatic N) is 2. The van der Waals surface area contributed by atoms with Gasteiger partial charge in [0.15, 0.2) is 0 Å². The van der Waals surface area contributed by atoms with E-state index in [1.54, 1.807) is 73.8 Å². The van der Waals surface area contributed by atoms with Gasteiger partial charge in [-0.1, -0.05) is 12.1 Å². The van der Waals surface area contributed by atoms with E-state index in [0.29, 0.717) is 41.5 Å². The van der Waals surface area contributed by atoms with Crippen molar-refractivity contribution in [3.05, 3.63) is 88.8 Å². The molecule has 0 spiro atoms. The first-order valence-electron chi connectivity index (χ1n) is 12.8. The minimum Gasteiger partial charge on any atom is -0.497 e. The summed E-state index contributed by atoms with van der Waals surface area (Å²) in [6.07, 6.45) is 1.56. The van der Waals surface area contributed by atoms with Crippen LogP contribution in [0.5, 0.6) is 11.5 Å². The summed E-state index contributed by atoms with van der Waals surface area (Å²) in [6, 6.07) is 20.5. The number of nitrogens with one attached hydrogen (secondary N) is 1. The number of esters is 1. The third-order valence-electron chi connectivity index (χ3n) is 6.42. The first-order chi connectivity index (χ1) is 19.9. The van der Waals surface area contributed by atoms with Crippen molar-refractivity contribution >= 4 is 52.2 Å². The molecule has 2 aliphatic rings. The molecule has 3 amide bonds. The van der Waals surface area contributed by atoms with Crippen molar-refractivity contribution in [1.82, 2.24) is 4.90 Å². The van der Waals surface area contributed by atoms with E-state index >= 15 is 0 Å². The maximum Gasteiger partial charge on any atom is 0.343 e. The second-order valence-electron chi connectivity index (χ2n) is 9.15. The number of rotatable bonds is 8. The Labute approximate surface area is 240 Å². The van der Waals surface area contributed by atoms with Crippen LogP contribution in [0.3, 0.4) is 0 Å². The van der Waals surface area contributed by atoms with E-state index in [-0.39, 0.29) is 4.91 Å². The molecule has 2 heterocycles. The zero-order valence-electron chi connectivity index (χ0n) is 22.2. The maximum absolute atomic E-state index is 12.9. The van der Waals surface area contributed by atoms with Crippen LogP contribution in [0.1, 0.15) is 15.9 Å². The lowest BCUT2D eigenvalue weighted by Gasteiger charge is -2.28. The number of imide groups is 1. The first kappa shape index (κ1) is 27.9. The summed E-state index contributed by atoms with van der Waals surface area (Å²) in [5, 5.41) is 2.22. The van der Waals surface area contributed by atoms with Gasteiger partial charge in [0.05, 0.1) is 30.8 Å². The Morgan fingerprint density at radius 2 is 1.59 bits per heavy atom. The fourth-order valence-electron chi connectivity index (χ4n) is 4.23. The molecule has 5 rings (SSSR count). The molecule has 0 aliphatic carbocycles. The third kappa shape index (κ3) is 6.94. The van der Waals surface area contributed by atoms with Gasteiger partial charge in [0.2, 0.25) is 5.91 Å². The number of morpholine rings is 1. The Hall–Kier alpha value is -4.61. The van der Waals surface area contributed by atoms with Gasteiger partial charge in [-0.2, -0.15) is 0 Å². The van der Waals surface area contributed by atoms with Gasteiger partial charge in [0.25, 0.3) is 11.1 Å². The number of anilines is 2. The Balaban J connectivity index is 1.15. The molecule has 41 heavy (non-hydrogen) atoms. The van der Waals surface area contributed by atoms with Crippen molar-refractivity contribution in [2.45, 2.75) is 0 Å². The zero-order valence-corrected chi connectivity index (χ0v) is 23.0. The standard InChI is InChI=1S/C30H27N3O7S/c1-38-24-12-4-21(5-13-24)29(36)40-25-10-2-20(3-11-25)18-26-28(35)33(30(37)41-26)19-27(34)31-22-6-8-23(9-7-22)32-14-16-39-17-15-32/h2-13,18H,14-17,19H2,1H3,(H,31,34)/b26-18+. The van der Waals surface area contributed by atoms with Crippen LogP contribution in [0.15, 0.2) is 77.7 Å². The summed E-state index contributed by atoms with van der Waals surface area (Å²) in [4.78, 5) is 53.7. The van der Waals surface area contributed by atoms with Crippen LogP contribution in [0.4, 0.5) is 16.2 Å². The fraction of sp³-hybridized carbons (Fsp3) is 0.200.